The third-order valence-corrected chi connectivity index (χ3v) is 3.95. The summed E-state index contributed by atoms with van der Waals surface area (Å²) in [5, 5.41) is 6.90. The molecule has 2 amide bonds. The first-order valence-corrected chi connectivity index (χ1v) is 9.10. The Bertz CT molecular complexity index is 902. The lowest BCUT2D eigenvalue weighted by Crippen LogP contribution is -2.34. The Hall–Kier alpha value is -3.26. The molecule has 0 unspecified atom stereocenters. The van der Waals surface area contributed by atoms with Crippen molar-refractivity contribution in [3.63, 3.8) is 0 Å². The van der Waals surface area contributed by atoms with Crippen LogP contribution in [-0.4, -0.2) is 45.4 Å². The molecule has 2 rings (SSSR count). The van der Waals surface area contributed by atoms with Crippen molar-refractivity contribution in [1.82, 2.24) is 10.7 Å². The number of benzene rings is 2. The Kier molecular flexibility index (Phi) is 8.29. The lowest BCUT2D eigenvalue weighted by molar-refractivity contribution is -0.120. The van der Waals surface area contributed by atoms with Crippen LogP contribution < -0.4 is 25.0 Å². The van der Waals surface area contributed by atoms with Gasteiger partial charge in [-0.2, -0.15) is 5.10 Å². The highest BCUT2D eigenvalue weighted by Crippen LogP contribution is 2.27. The third-order valence-electron chi connectivity index (χ3n) is 3.72. The summed E-state index contributed by atoms with van der Waals surface area (Å²) < 4.78 is 15.8. The number of carbonyl (C=O) groups excluding carboxylic acids is 2. The number of hydrazone groups is 1. The largest absolute Gasteiger partial charge is 0.493 e. The van der Waals surface area contributed by atoms with Gasteiger partial charge in [-0.1, -0.05) is 11.6 Å². The van der Waals surface area contributed by atoms with E-state index in [0.29, 0.717) is 40.0 Å². The number of rotatable bonds is 9. The molecule has 0 fully saturated rings. The van der Waals surface area contributed by atoms with Crippen molar-refractivity contribution in [3.05, 3.63) is 52.5 Å². The summed E-state index contributed by atoms with van der Waals surface area (Å²) in [5.74, 6) is 0.592. The lowest BCUT2D eigenvalue weighted by atomic mass is 10.2. The number of nitrogens with zero attached hydrogens (tertiary/aromatic N) is 1. The fraction of sp³-hybridized carbons (Fsp3) is 0.250. The van der Waals surface area contributed by atoms with Gasteiger partial charge in [0.2, 0.25) is 0 Å². The minimum Gasteiger partial charge on any atom is -0.493 e. The van der Waals surface area contributed by atoms with Crippen LogP contribution in [0.1, 0.15) is 22.8 Å². The molecule has 2 aromatic carbocycles. The van der Waals surface area contributed by atoms with Crippen LogP contribution in [0, 0.1) is 0 Å². The predicted octanol–water partition coefficient (Wildman–Crippen LogP) is 2.64. The molecule has 8 nitrogen and oxygen atoms in total. The van der Waals surface area contributed by atoms with Crippen LogP contribution >= 0.6 is 11.6 Å². The van der Waals surface area contributed by atoms with Crippen molar-refractivity contribution >= 4 is 29.6 Å². The highest BCUT2D eigenvalue weighted by atomic mass is 35.5. The van der Waals surface area contributed by atoms with E-state index < -0.39 is 11.8 Å². The normalized spacial score (nSPS) is 10.5. The summed E-state index contributed by atoms with van der Waals surface area (Å²) in [6.45, 7) is 2.09. The van der Waals surface area contributed by atoms with E-state index in [-0.39, 0.29) is 6.54 Å². The Balaban J connectivity index is 1.91. The molecule has 0 aliphatic rings. The number of halogens is 1. The zero-order chi connectivity index (χ0) is 21.2. The van der Waals surface area contributed by atoms with Crippen LogP contribution in [0.25, 0.3) is 0 Å². The number of hydrogen-bond donors (Lipinski definition) is 2. The first kappa shape index (κ1) is 22.0. The van der Waals surface area contributed by atoms with Crippen LogP contribution in [0.3, 0.4) is 0 Å². The SMILES string of the molecule is CCOc1ccc(Cl)cc1/C=N\NC(=O)CNC(=O)c1ccc(OC)c(OC)c1. The maximum atomic E-state index is 12.2. The molecule has 0 atom stereocenters. The molecule has 9 heteroatoms. The molecule has 0 heterocycles. The van der Waals surface area contributed by atoms with E-state index in [1.165, 1.54) is 26.5 Å². The van der Waals surface area contributed by atoms with Crippen molar-refractivity contribution < 1.29 is 23.8 Å². The zero-order valence-electron chi connectivity index (χ0n) is 16.3. The van der Waals surface area contributed by atoms with E-state index in [4.69, 9.17) is 25.8 Å². The van der Waals surface area contributed by atoms with Gasteiger partial charge in [0.25, 0.3) is 11.8 Å². The molecular formula is C20H22ClN3O5. The lowest BCUT2D eigenvalue weighted by Gasteiger charge is -2.09. The molecule has 0 bridgehead atoms. The molecule has 2 N–H and O–H groups in total. The average molecular weight is 420 g/mol. The molecule has 29 heavy (non-hydrogen) atoms. The van der Waals surface area contributed by atoms with Crippen LogP contribution in [0.4, 0.5) is 0 Å². The van der Waals surface area contributed by atoms with E-state index in [0.717, 1.165) is 0 Å². The Labute approximate surface area is 173 Å². The molecule has 154 valence electrons. The van der Waals surface area contributed by atoms with Crippen LogP contribution in [0.5, 0.6) is 17.2 Å². The highest BCUT2D eigenvalue weighted by Gasteiger charge is 2.11. The minimum atomic E-state index is -0.491. The molecule has 0 spiro atoms. The van der Waals surface area contributed by atoms with Crippen LogP contribution in [0.15, 0.2) is 41.5 Å². The van der Waals surface area contributed by atoms with Crippen molar-refractivity contribution in [1.29, 1.82) is 0 Å². The second-order valence-electron chi connectivity index (χ2n) is 5.66. The summed E-state index contributed by atoms with van der Waals surface area (Å²) in [4.78, 5) is 24.1. The predicted molar refractivity (Wildman–Crippen MR) is 110 cm³/mol. The van der Waals surface area contributed by atoms with Crippen molar-refractivity contribution in [2.45, 2.75) is 6.92 Å². The Morgan fingerprint density at radius 2 is 1.79 bits per heavy atom. The first-order chi connectivity index (χ1) is 14.0. The standard InChI is InChI=1S/C20H22ClN3O5/c1-4-29-16-8-6-15(21)9-14(16)11-23-24-19(25)12-22-20(26)13-5-7-17(27-2)18(10-13)28-3/h5-11H,4,12H2,1-3H3,(H,22,26)(H,24,25)/b23-11-. The third kappa shape index (κ3) is 6.39. The van der Waals surface area contributed by atoms with Crippen LogP contribution in [0.2, 0.25) is 5.02 Å². The van der Waals surface area contributed by atoms with Gasteiger partial charge in [0.15, 0.2) is 11.5 Å². The Morgan fingerprint density at radius 1 is 1.07 bits per heavy atom. The number of methoxy groups -OCH3 is 2. The molecular weight excluding hydrogens is 398 g/mol. The number of hydrogen-bond acceptors (Lipinski definition) is 6. The van der Waals surface area contributed by atoms with Crippen LogP contribution in [-0.2, 0) is 4.79 Å². The second kappa shape index (κ2) is 10.9. The fourth-order valence-corrected chi connectivity index (χ4v) is 2.54. The first-order valence-electron chi connectivity index (χ1n) is 8.73. The maximum absolute atomic E-state index is 12.2. The van der Waals surface area contributed by atoms with E-state index in [1.54, 1.807) is 30.3 Å². The second-order valence-corrected chi connectivity index (χ2v) is 6.10. The van der Waals surface area contributed by atoms with Crippen molar-refractivity contribution in [2.75, 3.05) is 27.4 Å². The van der Waals surface area contributed by atoms with Gasteiger partial charge in [0.1, 0.15) is 5.75 Å². The van der Waals surface area contributed by atoms with Crippen molar-refractivity contribution in [2.24, 2.45) is 5.10 Å². The molecule has 0 saturated carbocycles. The molecule has 0 aliphatic heterocycles. The zero-order valence-corrected chi connectivity index (χ0v) is 17.1. The highest BCUT2D eigenvalue weighted by molar-refractivity contribution is 6.30. The van der Waals surface area contributed by atoms with Gasteiger partial charge in [-0.25, -0.2) is 5.43 Å². The molecule has 2 aromatic rings. The van der Waals surface area contributed by atoms with E-state index in [2.05, 4.69) is 15.8 Å². The fourth-order valence-electron chi connectivity index (χ4n) is 2.36. The number of amides is 2. The molecule has 0 aliphatic carbocycles. The summed E-state index contributed by atoms with van der Waals surface area (Å²) in [6.07, 6.45) is 1.42. The smallest absolute Gasteiger partial charge is 0.259 e. The number of nitrogens with one attached hydrogen (secondary N) is 2. The Morgan fingerprint density at radius 3 is 2.48 bits per heavy atom. The maximum Gasteiger partial charge on any atom is 0.259 e. The average Bonchev–Trinajstić information content (AvgIpc) is 2.73. The van der Waals surface area contributed by atoms with Gasteiger partial charge >= 0.3 is 0 Å². The monoisotopic (exact) mass is 419 g/mol. The number of carbonyl (C=O) groups is 2. The summed E-state index contributed by atoms with van der Waals surface area (Å²) in [6, 6.07) is 9.80. The topological polar surface area (TPSA) is 98.2 Å². The van der Waals surface area contributed by atoms with E-state index in [9.17, 15) is 9.59 Å². The van der Waals surface area contributed by atoms with Gasteiger partial charge in [-0.05, 0) is 43.3 Å². The quantitative estimate of drug-likeness (QED) is 0.481. The van der Waals surface area contributed by atoms with E-state index >= 15 is 0 Å². The van der Waals surface area contributed by atoms with Gasteiger partial charge in [-0.15, -0.1) is 0 Å². The van der Waals surface area contributed by atoms with Gasteiger partial charge < -0.3 is 19.5 Å². The van der Waals surface area contributed by atoms with Gasteiger partial charge in [0, 0.05) is 16.1 Å². The summed E-state index contributed by atoms with van der Waals surface area (Å²) in [7, 11) is 2.98. The van der Waals surface area contributed by atoms with Gasteiger partial charge in [0.05, 0.1) is 33.6 Å². The summed E-state index contributed by atoms with van der Waals surface area (Å²) >= 11 is 5.97. The molecule has 0 aromatic heterocycles. The van der Waals surface area contributed by atoms with Gasteiger partial charge in [-0.3, -0.25) is 9.59 Å². The van der Waals surface area contributed by atoms with Crippen molar-refractivity contribution in [3.8, 4) is 17.2 Å². The summed E-state index contributed by atoms with van der Waals surface area (Å²) in [5.41, 5.74) is 3.29. The molecule has 0 radical (unpaired) electrons. The number of ether oxygens (including phenoxy) is 3. The van der Waals surface area contributed by atoms with E-state index in [1.807, 2.05) is 6.92 Å². The molecule has 0 saturated heterocycles. The minimum absolute atomic E-state index is 0.252.